The first-order valence-electron chi connectivity index (χ1n) is 4.87. The highest BCUT2D eigenvalue weighted by molar-refractivity contribution is 5.30. The molecule has 0 aliphatic rings. The molecule has 0 bridgehead atoms. The minimum atomic E-state index is -2.81. The number of nitriles is 1. The number of benzene rings is 1. The van der Waals surface area contributed by atoms with Crippen LogP contribution < -0.4 is 0 Å². The topological polar surface area (TPSA) is 23.8 Å². The monoisotopic (exact) mass is 209 g/mol. The molecule has 1 atom stereocenters. The molecule has 0 spiro atoms. The molecule has 0 saturated carbocycles. The van der Waals surface area contributed by atoms with E-state index in [2.05, 4.69) is 6.07 Å². The van der Waals surface area contributed by atoms with Gasteiger partial charge in [-0.2, -0.15) is 5.26 Å². The SMILES string of the molecule is CCC(C#N)c1ccc(C(C)(F)F)cc1. The highest BCUT2D eigenvalue weighted by Gasteiger charge is 2.24. The van der Waals surface area contributed by atoms with Crippen molar-refractivity contribution in [2.24, 2.45) is 0 Å². The maximum atomic E-state index is 12.9. The Morgan fingerprint density at radius 3 is 2.20 bits per heavy atom. The summed E-state index contributed by atoms with van der Waals surface area (Å²) in [6, 6.07) is 8.11. The van der Waals surface area contributed by atoms with Crippen molar-refractivity contribution < 1.29 is 8.78 Å². The fraction of sp³-hybridized carbons (Fsp3) is 0.417. The summed E-state index contributed by atoms with van der Waals surface area (Å²) in [4.78, 5) is 0. The third-order valence-electron chi connectivity index (χ3n) is 2.38. The fourth-order valence-corrected chi connectivity index (χ4v) is 1.41. The molecule has 0 saturated heterocycles. The average Bonchev–Trinajstić information content (AvgIpc) is 2.19. The lowest BCUT2D eigenvalue weighted by atomic mass is 9.96. The zero-order valence-electron chi connectivity index (χ0n) is 8.80. The van der Waals surface area contributed by atoms with Crippen LogP contribution in [0.2, 0.25) is 0 Å². The number of hydrogen-bond acceptors (Lipinski definition) is 1. The van der Waals surface area contributed by atoms with Gasteiger partial charge < -0.3 is 0 Å². The highest BCUT2D eigenvalue weighted by Crippen LogP contribution is 2.28. The summed E-state index contributed by atoms with van der Waals surface area (Å²) < 4.78 is 25.8. The largest absolute Gasteiger partial charge is 0.270 e. The van der Waals surface area contributed by atoms with E-state index in [1.54, 1.807) is 12.1 Å². The molecule has 0 radical (unpaired) electrons. The number of rotatable bonds is 3. The predicted molar refractivity (Wildman–Crippen MR) is 54.7 cm³/mol. The lowest BCUT2D eigenvalue weighted by molar-refractivity contribution is 0.0174. The van der Waals surface area contributed by atoms with Crippen molar-refractivity contribution >= 4 is 0 Å². The molecule has 0 aliphatic carbocycles. The van der Waals surface area contributed by atoms with Crippen LogP contribution in [0, 0.1) is 11.3 Å². The van der Waals surface area contributed by atoms with Crippen LogP contribution in [0.3, 0.4) is 0 Å². The summed E-state index contributed by atoms with van der Waals surface area (Å²) in [5.74, 6) is -3.02. The van der Waals surface area contributed by atoms with Crippen LogP contribution in [0.1, 0.15) is 37.3 Å². The molecule has 0 amide bonds. The van der Waals surface area contributed by atoms with Crippen LogP contribution in [0.25, 0.3) is 0 Å². The van der Waals surface area contributed by atoms with Gasteiger partial charge in [0, 0.05) is 12.5 Å². The van der Waals surface area contributed by atoms with E-state index >= 15 is 0 Å². The zero-order valence-corrected chi connectivity index (χ0v) is 8.80. The molecule has 1 rings (SSSR count). The molecule has 0 N–H and O–H groups in total. The van der Waals surface area contributed by atoms with E-state index in [-0.39, 0.29) is 11.5 Å². The second-order valence-corrected chi connectivity index (χ2v) is 3.60. The average molecular weight is 209 g/mol. The van der Waals surface area contributed by atoms with Gasteiger partial charge in [0.05, 0.1) is 12.0 Å². The molecule has 0 fully saturated rings. The van der Waals surface area contributed by atoms with E-state index in [4.69, 9.17) is 5.26 Å². The van der Waals surface area contributed by atoms with E-state index in [1.807, 2.05) is 6.92 Å². The number of alkyl halides is 2. The Morgan fingerprint density at radius 1 is 1.33 bits per heavy atom. The second-order valence-electron chi connectivity index (χ2n) is 3.60. The summed E-state index contributed by atoms with van der Waals surface area (Å²) in [5, 5.41) is 8.81. The smallest absolute Gasteiger partial charge is 0.202 e. The lowest BCUT2D eigenvalue weighted by Crippen LogP contribution is -2.07. The van der Waals surface area contributed by atoms with Crippen molar-refractivity contribution in [3.8, 4) is 6.07 Å². The normalized spacial score (nSPS) is 13.3. The van der Waals surface area contributed by atoms with E-state index in [0.717, 1.165) is 12.5 Å². The first-order valence-corrected chi connectivity index (χ1v) is 4.87. The van der Waals surface area contributed by atoms with E-state index in [0.29, 0.717) is 6.42 Å². The van der Waals surface area contributed by atoms with Crippen molar-refractivity contribution in [2.45, 2.75) is 32.1 Å². The van der Waals surface area contributed by atoms with Crippen LogP contribution in [0.15, 0.2) is 24.3 Å². The number of nitrogens with zero attached hydrogens (tertiary/aromatic N) is 1. The summed E-state index contributed by atoms with van der Waals surface area (Å²) in [5.41, 5.74) is 0.784. The molecule has 1 aromatic rings. The van der Waals surface area contributed by atoms with Gasteiger partial charge in [-0.3, -0.25) is 0 Å². The maximum absolute atomic E-state index is 12.9. The van der Waals surface area contributed by atoms with Gasteiger partial charge in [-0.25, -0.2) is 8.78 Å². The predicted octanol–water partition coefficient (Wildman–Crippen LogP) is 3.82. The minimum Gasteiger partial charge on any atom is -0.202 e. The molecule has 15 heavy (non-hydrogen) atoms. The maximum Gasteiger partial charge on any atom is 0.270 e. The van der Waals surface area contributed by atoms with Crippen LogP contribution in [-0.4, -0.2) is 0 Å². The molecular formula is C12H13F2N. The van der Waals surface area contributed by atoms with Crippen LogP contribution in [0.4, 0.5) is 8.78 Å². The van der Waals surface area contributed by atoms with Gasteiger partial charge >= 0.3 is 0 Å². The van der Waals surface area contributed by atoms with Gasteiger partial charge in [0.15, 0.2) is 0 Å². The molecule has 1 aromatic carbocycles. The second kappa shape index (κ2) is 4.39. The fourth-order valence-electron chi connectivity index (χ4n) is 1.41. The number of hydrogen-bond donors (Lipinski definition) is 0. The van der Waals surface area contributed by atoms with Crippen molar-refractivity contribution in [3.05, 3.63) is 35.4 Å². The van der Waals surface area contributed by atoms with Gasteiger partial charge in [0.25, 0.3) is 5.92 Å². The Hall–Kier alpha value is -1.43. The molecule has 1 nitrogen and oxygen atoms in total. The Balaban J connectivity index is 2.96. The molecule has 3 heteroatoms. The molecule has 0 aliphatic heterocycles. The molecule has 80 valence electrons. The lowest BCUT2D eigenvalue weighted by Gasteiger charge is -2.12. The summed E-state index contributed by atoms with van der Waals surface area (Å²) in [7, 11) is 0. The third-order valence-corrected chi connectivity index (χ3v) is 2.38. The van der Waals surface area contributed by atoms with Crippen molar-refractivity contribution in [3.63, 3.8) is 0 Å². The van der Waals surface area contributed by atoms with E-state index in [1.165, 1.54) is 12.1 Å². The van der Waals surface area contributed by atoms with Gasteiger partial charge in [0.2, 0.25) is 0 Å². The van der Waals surface area contributed by atoms with Gasteiger partial charge in [0.1, 0.15) is 0 Å². The third kappa shape index (κ3) is 2.76. The first kappa shape index (κ1) is 11.6. The van der Waals surface area contributed by atoms with Crippen LogP contribution in [-0.2, 0) is 5.92 Å². The molecule has 0 heterocycles. The van der Waals surface area contributed by atoms with Crippen LogP contribution in [0.5, 0.6) is 0 Å². The minimum absolute atomic E-state index is 0.0148. The summed E-state index contributed by atoms with van der Waals surface area (Å²) in [6.45, 7) is 2.76. The zero-order chi connectivity index (χ0) is 11.5. The molecular weight excluding hydrogens is 196 g/mol. The first-order chi connectivity index (χ1) is 6.99. The van der Waals surface area contributed by atoms with E-state index in [9.17, 15) is 8.78 Å². The van der Waals surface area contributed by atoms with E-state index < -0.39 is 5.92 Å². The Morgan fingerprint density at radius 2 is 1.87 bits per heavy atom. The highest BCUT2D eigenvalue weighted by atomic mass is 19.3. The Labute approximate surface area is 88.3 Å². The van der Waals surface area contributed by atoms with Crippen LogP contribution >= 0.6 is 0 Å². The molecule has 0 aromatic heterocycles. The van der Waals surface area contributed by atoms with Gasteiger partial charge in [-0.1, -0.05) is 31.2 Å². The van der Waals surface area contributed by atoms with Gasteiger partial charge in [-0.05, 0) is 12.0 Å². The Bertz CT molecular complexity index is 357. The van der Waals surface area contributed by atoms with Crippen molar-refractivity contribution in [1.82, 2.24) is 0 Å². The van der Waals surface area contributed by atoms with Crippen molar-refractivity contribution in [1.29, 1.82) is 5.26 Å². The quantitative estimate of drug-likeness (QED) is 0.742. The summed E-state index contributed by atoms with van der Waals surface area (Å²) in [6.07, 6.45) is 0.693. The standard InChI is InChI=1S/C12H13F2N/c1-3-9(8-15)10-4-6-11(7-5-10)12(2,13)14/h4-7,9H,3H2,1-2H3. The molecule has 1 unspecified atom stereocenters. The van der Waals surface area contributed by atoms with Crippen molar-refractivity contribution in [2.75, 3.05) is 0 Å². The Kier molecular flexibility index (Phi) is 3.41. The number of halogens is 2. The van der Waals surface area contributed by atoms with Gasteiger partial charge in [-0.15, -0.1) is 0 Å². The summed E-state index contributed by atoms with van der Waals surface area (Å²) >= 11 is 0.